The second-order valence-corrected chi connectivity index (χ2v) is 5.00. The van der Waals surface area contributed by atoms with Crippen molar-refractivity contribution in [1.29, 1.82) is 0 Å². The number of rotatable bonds is 4. The summed E-state index contributed by atoms with van der Waals surface area (Å²) >= 11 is 0. The lowest BCUT2D eigenvalue weighted by Gasteiger charge is -2.07. The third kappa shape index (κ3) is 2.97. The van der Waals surface area contributed by atoms with Crippen LogP contribution in [0.15, 0.2) is 46.9 Å². The number of carbonyl (C=O) groups excluding carboxylic acids is 1. The summed E-state index contributed by atoms with van der Waals surface area (Å²) in [5.41, 5.74) is 2.59. The van der Waals surface area contributed by atoms with Crippen LogP contribution in [0.5, 0.6) is 0 Å². The molecule has 0 saturated carbocycles. The number of nitrogens with one attached hydrogen (secondary N) is 1. The summed E-state index contributed by atoms with van der Waals surface area (Å²) in [6.07, 6.45) is 1.47. The van der Waals surface area contributed by atoms with Gasteiger partial charge in [-0.25, -0.2) is 4.68 Å². The van der Waals surface area contributed by atoms with Gasteiger partial charge in [0.05, 0.1) is 11.4 Å². The zero-order valence-corrected chi connectivity index (χ0v) is 12.7. The molecule has 0 atom stereocenters. The number of para-hydroxylation sites is 1. The van der Waals surface area contributed by atoms with E-state index in [2.05, 4.69) is 5.32 Å². The van der Waals surface area contributed by atoms with Gasteiger partial charge in [-0.2, -0.15) is 0 Å². The van der Waals surface area contributed by atoms with E-state index in [0.29, 0.717) is 11.4 Å². The van der Waals surface area contributed by atoms with E-state index in [1.807, 2.05) is 44.3 Å². The molecule has 0 bridgehead atoms. The monoisotopic (exact) mass is 285 g/mol. The molecule has 0 unspecified atom stereocenters. The minimum atomic E-state index is -0.141. The summed E-state index contributed by atoms with van der Waals surface area (Å²) < 4.78 is 3.39. The predicted molar refractivity (Wildman–Crippen MR) is 83.8 cm³/mol. The van der Waals surface area contributed by atoms with Crippen LogP contribution in [0.25, 0.3) is 5.69 Å². The van der Waals surface area contributed by atoms with Gasteiger partial charge in [0.1, 0.15) is 5.69 Å². The molecule has 0 fully saturated rings. The fraction of sp³-hybridized carbons (Fsp3) is 0.250. The Morgan fingerprint density at radius 3 is 2.38 bits per heavy atom. The number of allylic oxidation sites excluding steroid dienone is 2. The topological polar surface area (TPSA) is 56.0 Å². The molecular weight excluding hydrogens is 266 g/mol. The summed E-state index contributed by atoms with van der Waals surface area (Å²) in [6.45, 7) is 5.11. The number of aromatic nitrogens is 2. The van der Waals surface area contributed by atoms with Crippen LogP contribution in [0.1, 0.15) is 19.5 Å². The molecule has 1 aromatic carbocycles. The highest BCUT2D eigenvalue weighted by Gasteiger charge is 2.15. The number of carbonyl (C=O) groups is 1. The van der Waals surface area contributed by atoms with Crippen molar-refractivity contribution >= 4 is 11.5 Å². The molecule has 0 saturated heterocycles. The van der Waals surface area contributed by atoms with Crippen LogP contribution in [-0.4, -0.2) is 15.1 Å². The summed E-state index contributed by atoms with van der Waals surface area (Å²) in [5.74, 6) is -0.0584. The van der Waals surface area contributed by atoms with E-state index in [9.17, 15) is 9.59 Å². The average molecular weight is 285 g/mol. The Morgan fingerprint density at radius 1 is 1.19 bits per heavy atom. The fourth-order valence-electron chi connectivity index (χ4n) is 2.25. The van der Waals surface area contributed by atoms with Crippen molar-refractivity contribution in [3.8, 4) is 5.69 Å². The van der Waals surface area contributed by atoms with Crippen LogP contribution < -0.4 is 10.9 Å². The Morgan fingerprint density at radius 2 is 1.81 bits per heavy atom. The molecule has 110 valence electrons. The molecule has 0 aliphatic carbocycles. The third-order valence-corrected chi connectivity index (χ3v) is 3.30. The first-order valence-corrected chi connectivity index (χ1v) is 6.71. The van der Waals surface area contributed by atoms with Crippen LogP contribution >= 0.6 is 0 Å². The normalized spacial score (nSPS) is 11.5. The highest BCUT2D eigenvalue weighted by molar-refractivity contribution is 5.88. The second-order valence-electron chi connectivity index (χ2n) is 5.00. The number of benzene rings is 1. The number of nitrogens with zero attached hydrogens (tertiary/aromatic N) is 2. The van der Waals surface area contributed by atoms with E-state index in [1.165, 1.54) is 13.0 Å². The Bertz CT molecular complexity index is 752. The summed E-state index contributed by atoms with van der Waals surface area (Å²) in [4.78, 5) is 23.7. The first kappa shape index (κ1) is 14.8. The lowest BCUT2D eigenvalue weighted by Crippen LogP contribution is -2.20. The summed E-state index contributed by atoms with van der Waals surface area (Å²) in [6, 6.07) is 9.44. The molecule has 21 heavy (non-hydrogen) atoms. The highest BCUT2D eigenvalue weighted by atomic mass is 16.1. The van der Waals surface area contributed by atoms with Crippen molar-refractivity contribution in [3.05, 3.63) is 58.2 Å². The quantitative estimate of drug-likeness (QED) is 0.878. The van der Waals surface area contributed by atoms with Crippen molar-refractivity contribution in [3.63, 3.8) is 0 Å². The van der Waals surface area contributed by atoms with Crippen molar-refractivity contribution in [2.45, 2.75) is 20.8 Å². The minimum absolute atomic E-state index is 0.0584. The standard InChI is InChI=1S/C16H19N3O2/c1-11(10-12(2)20)17-15-13(3)18(4)19(16(15)21)14-8-6-5-7-9-14/h5-10,17H,1-4H3/b11-10+. The van der Waals surface area contributed by atoms with Gasteiger partial charge in [0, 0.05) is 12.7 Å². The average Bonchev–Trinajstić information content (AvgIpc) is 2.63. The van der Waals surface area contributed by atoms with E-state index < -0.39 is 0 Å². The molecule has 0 spiro atoms. The van der Waals surface area contributed by atoms with Crippen molar-refractivity contribution < 1.29 is 4.79 Å². The zero-order valence-electron chi connectivity index (χ0n) is 12.7. The lowest BCUT2D eigenvalue weighted by atomic mass is 10.3. The maximum atomic E-state index is 12.6. The van der Waals surface area contributed by atoms with Crippen molar-refractivity contribution in [2.75, 3.05) is 5.32 Å². The number of ketones is 1. The van der Waals surface area contributed by atoms with Crippen molar-refractivity contribution in [2.24, 2.45) is 7.05 Å². The lowest BCUT2D eigenvalue weighted by molar-refractivity contribution is -0.112. The smallest absolute Gasteiger partial charge is 0.295 e. The van der Waals surface area contributed by atoms with Gasteiger partial charge in [-0.1, -0.05) is 18.2 Å². The van der Waals surface area contributed by atoms with E-state index in [0.717, 1.165) is 11.4 Å². The van der Waals surface area contributed by atoms with Crippen molar-refractivity contribution in [1.82, 2.24) is 9.36 Å². The molecule has 5 nitrogen and oxygen atoms in total. The van der Waals surface area contributed by atoms with Gasteiger partial charge in [-0.3, -0.25) is 14.3 Å². The summed E-state index contributed by atoms with van der Waals surface area (Å²) in [5, 5.41) is 3.03. The van der Waals surface area contributed by atoms with Gasteiger partial charge in [0.15, 0.2) is 5.78 Å². The maximum absolute atomic E-state index is 12.6. The first-order valence-electron chi connectivity index (χ1n) is 6.71. The van der Waals surface area contributed by atoms with Gasteiger partial charge < -0.3 is 5.32 Å². The highest BCUT2D eigenvalue weighted by Crippen LogP contribution is 2.15. The van der Waals surface area contributed by atoms with Crippen LogP contribution in [0.2, 0.25) is 0 Å². The van der Waals surface area contributed by atoms with Crippen LogP contribution in [0, 0.1) is 6.92 Å². The molecule has 2 aromatic rings. The van der Waals surface area contributed by atoms with E-state index in [-0.39, 0.29) is 11.3 Å². The Balaban J connectivity index is 2.52. The Hall–Kier alpha value is -2.56. The molecule has 1 N–H and O–H groups in total. The van der Waals surface area contributed by atoms with E-state index in [1.54, 1.807) is 16.3 Å². The predicted octanol–water partition coefficient (Wildman–Crippen LogP) is 2.39. The van der Waals surface area contributed by atoms with E-state index >= 15 is 0 Å². The minimum Gasteiger partial charge on any atom is -0.353 e. The van der Waals surface area contributed by atoms with Gasteiger partial charge >= 0.3 is 0 Å². The Kier molecular flexibility index (Phi) is 4.12. The SMILES string of the molecule is CC(=O)/C=C(\C)Nc1c(C)n(C)n(-c2ccccc2)c1=O. The van der Waals surface area contributed by atoms with Gasteiger partial charge in [-0.05, 0) is 39.0 Å². The Labute approximate surface area is 123 Å². The number of anilines is 1. The van der Waals surface area contributed by atoms with Gasteiger partial charge in [0.25, 0.3) is 5.56 Å². The van der Waals surface area contributed by atoms with Crippen LogP contribution in [-0.2, 0) is 11.8 Å². The molecule has 5 heteroatoms. The number of hydrogen-bond donors (Lipinski definition) is 1. The maximum Gasteiger partial charge on any atom is 0.295 e. The number of hydrogen-bond acceptors (Lipinski definition) is 3. The molecule has 0 radical (unpaired) electrons. The first-order chi connectivity index (χ1) is 9.91. The molecule has 1 aromatic heterocycles. The molecule has 1 heterocycles. The molecule has 0 amide bonds. The zero-order chi connectivity index (χ0) is 15.6. The summed E-state index contributed by atoms with van der Waals surface area (Å²) in [7, 11) is 1.83. The van der Waals surface area contributed by atoms with Crippen LogP contribution in [0.4, 0.5) is 5.69 Å². The second kappa shape index (κ2) is 5.83. The largest absolute Gasteiger partial charge is 0.353 e. The molecule has 0 aliphatic heterocycles. The molecule has 0 aliphatic rings. The molecular formula is C16H19N3O2. The molecule has 2 rings (SSSR count). The van der Waals surface area contributed by atoms with Crippen LogP contribution in [0.3, 0.4) is 0 Å². The third-order valence-electron chi connectivity index (χ3n) is 3.30. The van der Waals surface area contributed by atoms with E-state index in [4.69, 9.17) is 0 Å². The van der Waals surface area contributed by atoms with Gasteiger partial charge in [-0.15, -0.1) is 0 Å². The fourth-order valence-corrected chi connectivity index (χ4v) is 2.25. The van der Waals surface area contributed by atoms with Gasteiger partial charge in [0.2, 0.25) is 0 Å².